The first kappa shape index (κ1) is 15.2. The van der Waals surface area contributed by atoms with Gasteiger partial charge in [0.1, 0.15) is 4.83 Å². The van der Waals surface area contributed by atoms with Crippen LogP contribution in [-0.4, -0.2) is 9.55 Å². The first-order valence-corrected chi connectivity index (χ1v) is 9.31. The Labute approximate surface area is 144 Å². The summed E-state index contributed by atoms with van der Waals surface area (Å²) in [5.41, 5.74) is 3.58. The van der Waals surface area contributed by atoms with Crippen molar-refractivity contribution in [1.82, 2.24) is 9.55 Å². The summed E-state index contributed by atoms with van der Waals surface area (Å²) < 4.78 is 1.85. The highest BCUT2D eigenvalue weighted by Gasteiger charge is 2.15. The molecule has 1 aromatic carbocycles. The van der Waals surface area contributed by atoms with Crippen LogP contribution in [-0.2, 0) is 13.0 Å². The number of aromatic amines is 1. The molecule has 0 saturated heterocycles. The van der Waals surface area contributed by atoms with Gasteiger partial charge in [-0.05, 0) is 35.4 Å². The van der Waals surface area contributed by atoms with E-state index in [1.165, 1.54) is 11.1 Å². The van der Waals surface area contributed by atoms with Crippen molar-refractivity contribution in [2.24, 2.45) is 0 Å². The first-order chi connectivity index (χ1) is 11.8. The number of nitrogens with one attached hydrogen (secondary N) is 1. The molecule has 0 radical (unpaired) electrons. The summed E-state index contributed by atoms with van der Waals surface area (Å²) in [6.45, 7) is 2.94. The number of rotatable bonds is 5. The van der Waals surface area contributed by atoms with Gasteiger partial charge in [0.05, 0.1) is 10.9 Å². The largest absolute Gasteiger partial charge is 0.346 e. The van der Waals surface area contributed by atoms with Crippen molar-refractivity contribution < 1.29 is 0 Å². The monoisotopic (exact) mass is 336 g/mol. The molecule has 0 aliphatic rings. The lowest BCUT2D eigenvalue weighted by molar-refractivity contribution is 0.617. The van der Waals surface area contributed by atoms with E-state index in [2.05, 4.69) is 41.6 Å². The molecular weight excluding hydrogens is 316 g/mol. The van der Waals surface area contributed by atoms with Crippen LogP contribution in [0.2, 0.25) is 0 Å². The molecule has 0 spiro atoms. The van der Waals surface area contributed by atoms with E-state index in [1.807, 2.05) is 22.9 Å². The minimum atomic E-state index is 0.125. The maximum absolute atomic E-state index is 13.0. The Morgan fingerprint density at radius 3 is 2.75 bits per heavy atom. The summed E-state index contributed by atoms with van der Waals surface area (Å²) in [6.07, 6.45) is 4.89. The third-order valence-corrected chi connectivity index (χ3v) is 5.46. The van der Waals surface area contributed by atoms with Crippen molar-refractivity contribution in [3.63, 3.8) is 0 Å². The van der Waals surface area contributed by atoms with Gasteiger partial charge < -0.3 is 9.55 Å². The Balaban J connectivity index is 1.87. The molecule has 3 aromatic heterocycles. The third-order valence-electron chi connectivity index (χ3n) is 4.52. The van der Waals surface area contributed by atoms with Gasteiger partial charge in [-0.15, -0.1) is 11.3 Å². The average molecular weight is 336 g/mol. The number of benzene rings is 1. The maximum Gasteiger partial charge on any atom is 0.260 e. The molecule has 0 bridgehead atoms. The minimum Gasteiger partial charge on any atom is -0.346 e. The predicted molar refractivity (Wildman–Crippen MR) is 102 cm³/mol. The van der Waals surface area contributed by atoms with Gasteiger partial charge in [-0.3, -0.25) is 4.79 Å². The van der Waals surface area contributed by atoms with E-state index >= 15 is 0 Å². The Morgan fingerprint density at radius 1 is 1.12 bits per heavy atom. The highest BCUT2D eigenvalue weighted by atomic mass is 32.1. The van der Waals surface area contributed by atoms with Gasteiger partial charge in [-0.2, -0.15) is 0 Å². The molecule has 0 unspecified atom stereocenters. The summed E-state index contributed by atoms with van der Waals surface area (Å²) in [7, 11) is 0. The van der Waals surface area contributed by atoms with Gasteiger partial charge in [0.15, 0.2) is 0 Å². The number of aryl methyl sites for hydroxylation is 1. The number of fused-ring (bicyclic) bond motifs is 3. The number of hydrogen-bond donors (Lipinski definition) is 1. The fourth-order valence-electron chi connectivity index (χ4n) is 3.25. The molecule has 3 heterocycles. The Bertz CT molecular complexity index is 1040. The van der Waals surface area contributed by atoms with Crippen molar-refractivity contribution in [3.8, 4) is 0 Å². The van der Waals surface area contributed by atoms with Crippen LogP contribution in [0.3, 0.4) is 0 Å². The van der Waals surface area contributed by atoms with E-state index in [1.54, 1.807) is 11.3 Å². The zero-order valence-corrected chi connectivity index (χ0v) is 14.5. The molecule has 1 N–H and O–H groups in total. The number of unbranched alkanes of at least 4 members (excludes halogenated alkanes) is 1. The van der Waals surface area contributed by atoms with E-state index in [4.69, 9.17) is 0 Å². The normalized spacial score (nSPS) is 11.5. The zero-order valence-electron chi connectivity index (χ0n) is 13.7. The van der Waals surface area contributed by atoms with Gasteiger partial charge in [0, 0.05) is 18.1 Å². The molecule has 122 valence electrons. The topological polar surface area (TPSA) is 37.8 Å². The lowest BCUT2D eigenvalue weighted by atomic mass is 10.0. The lowest BCUT2D eigenvalue weighted by Gasteiger charge is -2.05. The molecular formula is C20H20N2OS. The number of thiophene rings is 1. The fraction of sp³-hybridized carbons (Fsp3) is 0.250. The maximum atomic E-state index is 13.0. The number of nitrogens with zero attached hydrogens (tertiary/aromatic N) is 1. The van der Waals surface area contributed by atoms with Crippen molar-refractivity contribution >= 4 is 32.5 Å². The van der Waals surface area contributed by atoms with Gasteiger partial charge >= 0.3 is 0 Å². The standard InChI is InChI=1S/C20H20N2OS/c1-2-3-10-22-11-9-16-18(20(22)23)17-15(13-24-19(17)21-16)12-14-7-5-4-6-8-14/h4-9,11,13,21H,2-3,10,12H2,1H3. The highest BCUT2D eigenvalue weighted by molar-refractivity contribution is 7.17. The zero-order chi connectivity index (χ0) is 16.5. The SMILES string of the molecule is CCCCn1ccc2[nH]c3scc(Cc4ccccc4)c3c2c1=O. The lowest BCUT2D eigenvalue weighted by Crippen LogP contribution is -2.19. The number of hydrogen-bond acceptors (Lipinski definition) is 2. The number of pyridine rings is 1. The Kier molecular flexibility index (Phi) is 3.98. The molecule has 3 nitrogen and oxygen atoms in total. The first-order valence-electron chi connectivity index (χ1n) is 8.43. The molecule has 0 fully saturated rings. The van der Waals surface area contributed by atoms with Crippen LogP contribution in [0.5, 0.6) is 0 Å². The van der Waals surface area contributed by atoms with Crippen LogP contribution in [0.1, 0.15) is 30.9 Å². The molecule has 4 heteroatoms. The van der Waals surface area contributed by atoms with Crippen molar-refractivity contribution in [2.75, 3.05) is 0 Å². The van der Waals surface area contributed by atoms with Crippen LogP contribution in [0.4, 0.5) is 0 Å². The Hall–Kier alpha value is -2.33. The molecule has 0 atom stereocenters. The average Bonchev–Trinajstić information content (AvgIpc) is 3.15. The molecule has 0 saturated carbocycles. The molecule has 0 aliphatic carbocycles. The van der Waals surface area contributed by atoms with Crippen molar-refractivity contribution in [3.05, 3.63) is 69.5 Å². The van der Waals surface area contributed by atoms with Gasteiger partial charge in [-0.25, -0.2) is 0 Å². The van der Waals surface area contributed by atoms with E-state index in [0.717, 1.165) is 46.9 Å². The molecule has 0 aliphatic heterocycles. The second-order valence-corrected chi connectivity index (χ2v) is 7.09. The summed E-state index contributed by atoms with van der Waals surface area (Å²) in [5, 5.41) is 4.13. The van der Waals surface area contributed by atoms with Crippen molar-refractivity contribution in [2.45, 2.75) is 32.7 Å². The Morgan fingerprint density at radius 2 is 1.96 bits per heavy atom. The van der Waals surface area contributed by atoms with E-state index in [9.17, 15) is 4.79 Å². The second kappa shape index (κ2) is 6.29. The summed E-state index contributed by atoms with van der Waals surface area (Å²) in [5.74, 6) is 0. The fourth-order valence-corrected chi connectivity index (χ4v) is 4.23. The molecule has 0 amide bonds. The van der Waals surface area contributed by atoms with E-state index < -0.39 is 0 Å². The number of H-pyrrole nitrogens is 1. The molecule has 4 rings (SSSR count). The summed E-state index contributed by atoms with van der Waals surface area (Å²) in [6, 6.07) is 12.5. The predicted octanol–water partition coefficient (Wildman–Crippen LogP) is 4.94. The van der Waals surface area contributed by atoms with Gasteiger partial charge in [0.25, 0.3) is 5.56 Å². The van der Waals surface area contributed by atoms with E-state index in [-0.39, 0.29) is 5.56 Å². The summed E-state index contributed by atoms with van der Waals surface area (Å²) >= 11 is 1.69. The van der Waals surface area contributed by atoms with Crippen LogP contribution in [0, 0.1) is 0 Å². The smallest absolute Gasteiger partial charge is 0.260 e. The van der Waals surface area contributed by atoms with Crippen LogP contribution < -0.4 is 5.56 Å². The summed E-state index contributed by atoms with van der Waals surface area (Å²) in [4.78, 5) is 17.5. The van der Waals surface area contributed by atoms with Crippen LogP contribution in [0.25, 0.3) is 21.1 Å². The molecule has 24 heavy (non-hydrogen) atoms. The van der Waals surface area contributed by atoms with Crippen molar-refractivity contribution in [1.29, 1.82) is 0 Å². The van der Waals surface area contributed by atoms with E-state index in [0.29, 0.717) is 0 Å². The van der Waals surface area contributed by atoms with Gasteiger partial charge in [-0.1, -0.05) is 43.7 Å². The minimum absolute atomic E-state index is 0.125. The molecule has 4 aromatic rings. The quantitative estimate of drug-likeness (QED) is 0.551. The van der Waals surface area contributed by atoms with Crippen LogP contribution in [0.15, 0.2) is 52.8 Å². The highest BCUT2D eigenvalue weighted by Crippen LogP contribution is 2.32. The third kappa shape index (κ3) is 2.57. The van der Waals surface area contributed by atoms with Crippen LogP contribution >= 0.6 is 11.3 Å². The number of aromatic nitrogens is 2. The van der Waals surface area contributed by atoms with Gasteiger partial charge in [0.2, 0.25) is 0 Å². The second-order valence-electron chi connectivity index (χ2n) is 6.21.